The summed E-state index contributed by atoms with van der Waals surface area (Å²) in [5.41, 5.74) is 0.287. The smallest absolute Gasteiger partial charge is 0.119 e. The van der Waals surface area contributed by atoms with Gasteiger partial charge in [-0.15, -0.1) is 0 Å². The molecule has 0 radical (unpaired) electrons. The third-order valence-electron chi connectivity index (χ3n) is 4.95. The first-order valence-corrected chi connectivity index (χ1v) is 10.0. The molecule has 0 unspecified atom stereocenters. The van der Waals surface area contributed by atoms with Crippen molar-refractivity contribution in [1.82, 2.24) is 4.90 Å². The third kappa shape index (κ3) is 8.44. The fourth-order valence-electron chi connectivity index (χ4n) is 3.61. The van der Waals surface area contributed by atoms with Gasteiger partial charge in [-0.2, -0.15) is 0 Å². The quantitative estimate of drug-likeness (QED) is 0.797. The average Bonchev–Trinajstić information content (AvgIpc) is 2.71. The number of aromatic hydroxyl groups is 1. The summed E-state index contributed by atoms with van der Waals surface area (Å²) >= 11 is 0. The van der Waals surface area contributed by atoms with Gasteiger partial charge in [-0.3, -0.25) is 0 Å². The van der Waals surface area contributed by atoms with Crippen LogP contribution in [0.4, 0.5) is 0 Å². The predicted molar refractivity (Wildman–Crippen MR) is 118 cm³/mol. The van der Waals surface area contributed by atoms with Crippen molar-refractivity contribution in [1.29, 1.82) is 0 Å². The second-order valence-electron chi connectivity index (χ2n) is 7.60. The zero-order valence-electron chi connectivity index (χ0n) is 18.5. The Labute approximate surface area is 175 Å². The Hall–Kier alpha value is -2.08. The third-order valence-corrected chi connectivity index (χ3v) is 4.95. The molecule has 0 amide bonds. The molecule has 2 N–H and O–H groups in total. The van der Waals surface area contributed by atoms with E-state index in [0.29, 0.717) is 11.7 Å². The van der Waals surface area contributed by atoms with E-state index in [4.69, 9.17) is 9.84 Å². The maximum Gasteiger partial charge on any atom is 0.119 e. The minimum Gasteiger partial charge on any atom is -0.508 e. The topological polar surface area (TPSA) is 62.2 Å². The SMILES string of the molecule is COC.COc1cccc([C@@]2(O)CCCC[C@@H]2CN(C)C)c1.Oc1ccccc1. The Kier molecular flexibility index (Phi) is 11.4. The maximum atomic E-state index is 11.2. The largest absolute Gasteiger partial charge is 0.508 e. The highest BCUT2D eigenvalue weighted by Crippen LogP contribution is 2.42. The molecule has 1 aliphatic rings. The van der Waals surface area contributed by atoms with E-state index in [9.17, 15) is 5.11 Å². The number of aliphatic hydroxyl groups is 1. The van der Waals surface area contributed by atoms with Gasteiger partial charge in [-0.1, -0.05) is 43.2 Å². The number of hydrogen-bond donors (Lipinski definition) is 2. The van der Waals surface area contributed by atoms with Crippen molar-refractivity contribution in [3.8, 4) is 11.5 Å². The van der Waals surface area contributed by atoms with Gasteiger partial charge in [-0.05, 0) is 56.8 Å². The molecule has 3 rings (SSSR count). The molecule has 162 valence electrons. The number of hydrogen-bond acceptors (Lipinski definition) is 5. The Morgan fingerprint density at radius 2 is 1.66 bits per heavy atom. The molecule has 0 aromatic heterocycles. The van der Waals surface area contributed by atoms with E-state index in [0.717, 1.165) is 37.1 Å². The van der Waals surface area contributed by atoms with E-state index in [-0.39, 0.29) is 0 Å². The normalized spacial score (nSPS) is 20.7. The molecule has 2 atom stereocenters. The summed E-state index contributed by atoms with van der Waals surface area (Å²) in [5.74, 6) is 1.44. The zero-order chi connectivity index (χ0) is 21.7. The highest BCUT2D eigenvalue weighted by Gasteiger charge is 2.40. The zero-order valence-corrected chi connectivity index (χ0v) is 18.5. The standard InChI is InChI=1S/C16H25NO2.C6H6O.C2H6O/c1-17(2)12-14-7-4-5-10-16(14,18)13-8-6-9-15(11-13)19-3;7-6-4-2-1-3-5-6;1-3-2/h6,8-9,11,14,18H,4-5,7,10,12H2,1-3H3;1-5,7H;1-2H3/t14-,16+;;/m1../s1. The van der Waals surface area contributed by atoms with Crippen LogP contribution in [0.1, 0.15) is 31.2 Å². The van der Waals surface area contributed by atoms with Gasteiger partial charge in [0.15, 0.2) is 0 Å². The van der Waals surface area contributed by atoms with E-state index in [1.165, 1.54) is 6.42 Å². The number of benzene rings is 2. The fourth-order valence-corrected chi connectivity index (χ4v) is 3.61. The van der Waals surface area contributed by atoms with E-state index in [2.05, 4.69) is 23.7 Å². The van der Waals surface area contributed by atoms with Gasteiger partial charge in [0.05, 0.1) is 12.7 Å². The van der Waals surface area contributed by atoms with Gasteiger partial charge >= 0.3 is 0 Å². The molecule has 29 heavy (non-hydrogen) atoms. The first-order valence-electron chi connectivity index (χ1n) is 10.0. The molecule has 0 bridgehead atoms. The lowest BCUT2D eigenvalue weighted by Gasteiger charge is -2.41. The van der Waals surface area contributed by atoms with Crippen LogP contribution in [0.2, 0.25) is 0 Å². The summed E-state index contributed by atoms with van der Waals surface area (Å²) in [6.07, 6.45) is 4.24. The van der Waals surface area contributed by atoms with Crippen LogP contribution in [0.15, 0.2) is 54.6 Å². The van der Waals surface area contributed by atoms with E-state index in [1.54, 1.807) is 45.6 Å². The van der Waals surface area contributed by atoms with Gasteiger partial charge in [0.2, 0.25) is 0 Å². The monoisotopic (exact) mass is 403 g/mol. The fraction of sp³-hybridized carbons (Fsp3) is 0.500. The van der Waals surface area contributed by atoms with Crippen LogP contribution in [-0.4, -0.2) is 57.1 Å². The number of ether oxygens (including phenoxy) is 2. The maximum absolute atomic E-state index is 11.2. The molecule has 0 aliphatic heterocycles. The Morgan fingerprint density at radius 3 is 2.17 bits per heavy atom. The van der Waals surface area contributed by atoms with Crippen LogP contribution in [0.5, 0.6) is 11.5 Å². The van der Waals surface area contributed by atoms with Crippen molar-refractivity contribution >= 4 is 0 Å². The molecule has 2 aromatic carbocycles. The molecule has 0 saturated heterocycles. The molecule has 5 nitrogen and oxygen atoms in total. The lowest BCUT2D eigenvalue weighted by molar-refractivity contribution is -0.0619. The van der Waals surface area contributed by atoms with Crippen molar-refractivity contribution in [2.75, 3.05) is 42.0 Å². The molecule has 5 heteroatoms. The van der Waals surface area contributed by atoms with Crippen LogP contribution < -0.4 is 4.74 Å². The Bertz CT molecular complexity index is 678. The van der Waals surface area contributed by atoms with Crippen LogP contribution in [0, 0.1) is 5.92 Å². The number of methoxy groups -OCH3 is 2. The highest BCUT2D eigenvalue weighted by atomic mass is 16.5. The van der Waals surface area contributed by atoms with Crippen LogP contribution in [0.3, 0.4) is 0 Å². The number of nitrogens with zero attached hydrogens (tertiary/aromatic N) is 1. The average molecular weight is 404 g/mol. The van der Waals surface area contributed by atoms with E-state index in [1.807, 2.05) is 30.3 Å². The second-order valence-corrected chi connectivity index (χ2v) is 7.60. The summed E-state index contributed by atoms with van der Waals surface area (Å²) in [6, 6.07) is 16.6. The molecular formula is C24H37NO4. The van der Waals surface area contributed by atoms with Gasteiger partial charge in [0.25, 0.3) is 0 Å². The van der Waals surface area contributed by atoms with E-state index >= 15 is 0 Å². The second kappa shape index (κ2) is 13.2. The number of phenols is 1. The molecule has 1 fully saturated rings. The number of rotatable bonds is 4. The highest BCUT2D eigenvalue weighted by molar-refractivity contribution is 5.33. The van der Waals surface area contributed by atoms with Crippen molar-refractivity contribution in [2.45, 2.75) is 31.3 Å². The summed E-state index contributed by atoms with van der Waals surface area (Å²) in [7, 11) is 9.06. The van der Waals surface area contributed by atoms with Crippen molar-refractivity contribution in [3.63, 3.8) is 0 Å². The van der Waals surface area contributed by atoms with Gasteiger partial charge in [0, 0.05) is 26.7 Å². The minimum atomic E-state index is -0.711. The van der Waals surface area contributed by atoms with Gasteiger partial charge in [0.1, 0.15) is 11.5 Å². The predicted octanol–water partition coefficient (Wildman–Crippen LogP) is 4.29. The molecule has 1 saturated carbocycles. The molecule has 1 aliphatic carbocycles. The van der Waals surface area contributed by atoms with Crippen LogP contribution in [0.25, 0.3) is 0 Å². The summed E-state index contributed by atoms with van der Waals surface area (Å²) in [5, 5.41) is 19.8. The minimum absolute atomic E-state index is 0.295. The van der Waals surface area contributed by atoms with Crippen molar-refractivity contribution in [2.24, 2.45) is 5.92 Å². The van der Waals surface area contributed by atoms with Crippen molar-refractivity contribution < 1.29 is 19.7 Å². The van der Waals surface area contributed by atoms with Gasteiger partial charge < -0.3 is 24.6 Å². The molecule has 0 heterocycles. The molecule has 0 spiro atoms. The van der Waals surface area contributed by atoms with Gasteiger partial charge in [-0.25, -0.2) is 0 Å². The number of para-hydroxylation sites is 1. The lowest BCUT2D eigenvalue weighted by atomic mass is 9.71. The summed E-state index contributed by atoms with van der Waals surface area (Å²) < 4.78 is 9.54. The Balaban J connectivity index is 0.000000347. The Morgan fingerprint density at radius 1 is 1.00 bits per heavy atom. The number of phenolic OH excluding ortho intramolecular Hbond substituents is 1. The van der Waals surface area contributed by atoms with Crippen LogP contribution >= 0.6 is 0 Å². The summed E-state index contributed by atoms with van der Waals surface area (Å²) in [4.78, 5) is 2.17. The van der Waals surface area contributed by atoms with E-state index < -0.39 is 5.60 Å². The molecular weight excluding hydrogens is 366 g/mol. The van der Waals surface area contributed by atoms with Crippen molar-refractivity contribution in [3.05, 3.63) is 60.2 Å². The van der Waals surface area contributed by atoms with Crippen LogP contribution in [-0.2, 0) is 10.3 Å². The first kappa shape index (κ1) is 25.0. The lowest BCUT2D eigenvalue weighted by Crippen LogP contribution is -2.43. The summed E-state index contributed by atoms with van der Waals surface area (Å²) in [6.45, 7) is 0.924. The first-order chi connectivity index (χ1) is 13.9. The molecule has 2 aromatic rings.